The summed E-state index contributed by atoms with van der Waals surface area (Å²) < 4.78 is 1.58. The lowest BCUT2D eigenvalue weighted by molar-refractivity contribution is -0.130. The zero-order valence-electron chi connectivity index (χ0n) is 16.1. The number of aryl methyl sites for hydroxylation is 1. The van der Waals surface area contributed by atoms with E-state index in [1.807, 2.05) is 39.0 Å². The Bertz CT molecular complexity index is 908. The molecule has 1 saturated heterocycles. The maximum atomic E-state index is 12.4. The Morgan fingerprint density at radius 2 is 2.14 bits per heavy atom. The largest absolute Gasteiger partial charge is 0.322 e. The molecule has 2 amide bonds. The highest BCUT2D eigenvalue weighted by molar-refractivity contribution is 6.32. The minimum absolute atomic E-state index is 0.00285. The number of aromatic nitrogens is 2. The molecular weight excluding hydrogens is 378 g/mol. The second-order valence-corrected chi connectivity index (χ2v) is 7.25. The van der Waals surface area contributed by atoms with Gasteiger partial charge < -0.3 is 10.6 Å². The van der Waals surface area contributed by atoms with Crippen LogP contribution in [-0.2, 0) is 9.59 Å². The molecule has 1 aromatic heterocycles. The lowest BCUT2D eigenvalue weighted by Crippen LogP contribution is -2.57. The monoisotopic (exact) mass is 401 g/mol. The number of benzene rings is 1. The number of halogens is 1. The molecule has 28 heavy (non-hydrogen) atoms. The summed E-state index contributed by atoms with van der Waals surface area (Å²) >= 11 is 6.10. The van der Waals surface area contributed by atoms with Crippen molar-refractivity contribution >= 4 is 35.3 Å². The van der Waals surface area contributed by atoms with E-state index in [0.29, 0.717) is 10.8 Å². The number of hydrogen-bond donors (Lipinski definition) is 3. The number of hydrogen-bond acceptors (Lipinski definition) is 4. The molecule has 0 aliphatic carbocycles. The third kappa shape index (κ3) is 4.43. The smallest absolute Gasteiger partial charge is 0.249 e. The van der Waals surface area contributed by atoms with Crippen LogP contribution >= 0.6 is 11.6 Å². The fraction of sp³-hybridized carbons (Fsp3) is 0.350. The summed E-state index contributed by atoms with van der Waals surface area (Å²) in [6.07, 6.45) is 3.29. The van der Waals surface area contributed by atoms with Crippen molar-refractivity contribution < 1.29 is 9.59 Å². The number of nitrogens with zero attached hydrogens (tertiary/aromatic N) is 2. The van der Waals surface area contributed by atoms with Gasteiger partial charge in [0.1, 0.15) is 5.82 Å². The lowest BCUT2D eigenvalue weighted by Gasteiger charge is -2.35. The standard InChI is InChI=1S/C20H24ClN5O2/c1-4-15-13(3)22-20(24-19(15)28)26-17(11-12(2)25-26)23-18(27)10-9-14-7-5-6-8-16(14)21/h5-11,13,15,20,22H,4H2,1-3H3,(H,23,27)(H,24,28)/b10-9+. The molecule has 0 saturated carbocycles. The normalized spacial score (nSPS) is 22.3. The highest BCUT2D eigenvalue weighted by atomic mass is 35.5. The van der Waals surface area contributed by atoms with Gasteiger partial charge in [-0.15, -0.1) is 0 Å². The third-order valence-corrected chi connectivity index (χ3v) is 5.10. The van der Waals surface area contributed by atoms with E-state index in [1.54, 1.807) is 22.9 Å². The van der Waals surface area contributed by atoms with Crippen molar-refractivity contribution in [2.45, 2.75) is 39.5 Å². The van der Waals surface area contributed by atoms with E-state index in [0.717, 1.165) is 17.7 Å². The summed E-state index contributed by atoms with van der Waals surface area (Å²) in [6.45, 7) is 5.79. The zero-order valence-corrected chi connectivity index (χ0v) is 16.8. The minimum atomic E-state index is -0.526. The van der Waals surface area contributed by atoms with Gasteiger partial charge in [-0.1, -0.05) is 36.7 Å². The molecular formula is C20H24ClN5O2. The van der Waals surface area contributed by atoms with Gasteiger partial charge in [-0.2, -0.15) is 5.10 Å². The number of anilines is 1. The summed E-state index contributed by atoms with van der Waals surface area (Å²) in [5.41, 5.74) is 1.48. The predicted molar refractivity (Wildman–Crippen MR) is 110 cm³/mol. The first kappa shape index (κ1) is 20.1. The van der Waals surface area contributed by atoms with Crippen molar-refractivity contribution in [2.24, 2.45) is 5.92 Å². The van der Waals surface area contributed by atoms with Crippen LogP contribution in [0.4, 0.5) is 5.82 Å². The second-order valence-electron chi connectivity index (χ2n) is 6.84. The maximum Gasteiger partial charge on any atom is 0.249 e. The molecule has 3 rings (SSSR count). The quantitative estimate of drug-likeness (QED) is 0.672. The molecule has 0 radical (unpaired) electrons. The molecule has 1 aliphatic rings. The van der Waals surface area contributed by atoms with Crippen LogP contribution < -0.4 is 16.0 Å². The van der Waals surface area contributed by atoms with Gasteiger partial charge in [0.25, 0.3) is 0 Å². The van der Waals surface area contributed by atoms with E-state index >= 15 is 0 Å². The maximum absolute atomic E-state index is 12.4. The molecule has 2 heterocycles. The van der Waals surface area contributed by atoms with E-state index in [4.69, 9.17) is 11.6 Å². The lowest BCUT2D eigenvalue weighted by atomic mass is 9.95. The molecule has 148 valence electrons. The molecule has 1 aliphatic heterocycles. The Hall–Kier alpha value is -2.64. The fourth-order valence-electron chi connectivity index (χ4n) is 3.30. The Morgan fingerprint density at radius 1 is 1.39 bits per heavy atom. The van der Waals surface area contributed by atoms with Crippen LogP contribution in [0.15, 0.2) is 36.4 Å². The average molecular weight is 402 g/mol. The number of carbonyl (C=O) groups is 2. The summed E-state index contributed by atoms with van der Waals surface area (Å²) in [7, 11) is 0. The molecule has 3 atom stereocenters. The van der Waals surface area contributed by atoms with E-state index in [-0.39, 0.29) is 23.8 Å². The molecule has 3 N–H and O–H groups in total. The number of amides is 2. The summed E-state index contributed by atoms with van der Waals surface area (Å²) in [4.78, 5) is 24.7. The van der Waals surface area contributed by atoms with Crippen molar-refractivity contribution in [1.29, 1.82) is 0 Å². The molecule has 3 unspecified atom stereocenters. The Balaban J connectivity index is 1.75. The van der Waals surface area contributed by atoms with Crippen molar-refractivity contribution in [3.05, 3.63) is 52.7 Å². The predicted octanol–water partition coefficient (Wildman–Crippen LogP) is 3.09. The highest BCUT2D eigenvalue weighted by Gasteiger charge is 2.34. The fourth-order valence-corrected chi connectivity index (χ4v) is 3.50. The van der Waals surface area contributed by atoms with Gasteiger partial charge in [-0.05, 0) is 38.0 Å². The van der Waals surface area contributed by atoms with Crippen LogP contribution in [0.3, 0.4) is 0 Å². The van der Waals surface area contributed by atoms with Gasteiger partial charge >= 0.3 is 0 Å². The van der Waals surface area contributed by atoms with Crippen LogP contribution in [-0.4, -0.2) is 27.6 Å². The molecule has 2 aromatic rings. The van der Waals surface area contributed by atoms with Crippen molar-refractivity contribution in [3.8, 4) is 0 Å². The summed E-state index contributed by atoms with van der Waals surface area (Å²) in [5, 5.41) is 14.1. The molecule has 1 aromatic carbocycles. The Labute approximate surface area is 169 Å². The van der Waals surface area contributed by atoms with Gasteiger partial charge in [0.05, 0.1) is 11.6 Å². The topological polar surface area (TPSA) is 88.1 Å². The first-order valence-corrected chi connectivity index (χ1v) is 9.63. The van der Waals surface area contributed by atoms with Crippen LogP contribution in [0.2, 0.25) is 5.02 Å². The van der Waals surface area contributed by atoms with Crippen LogP contribution in [0.25, 0.3) is 6.08 Å². The highest BCUT2D eigenvalue weighted by Crippen LogP contribution is 2.21. The van der Waals surface area contributed by atoms with E-state index in [1.165, 1.54) is 6.08 Å². The number of nitrogens with one attached hydrogen (secondary N) is 3. The van der Waals surface area contributed by atoms with E-state index in [2.05, 4.69) is 21.0 Å². The van der Waals surface area contributed by atoms with Gasteiger partial charge in [0.2, 0.25) is 11.8 Å². The van der Waals surface area contributed by atoms with Crippen LogP contribution in [0.5, 0.6) is 0 Å². The van der Waals surface area contributed by atoms with Gasteiger partial charge in [0.15, 0.2) is 6.29 Å². The summed E-state index contributed by atoms with van der Waals surface area (Å²) in [5.74, 6) is 0.0567. The van der Waals surface area contributed by atoms with Gasteiger partial charge in [0, 0.05) is 23.2 Å². The van der Waals surface area contributed by atoms with Crippen LogP contribution in [0, 0.1) is 12.8 Å². The van der Waals surface area contributed by atoms with Crippen molar-refractivity contribution in [2.75, 3.05) is 5.32 Å². The first-order chi connectivity index (χ1) is 13.4. The average Bonchev–Trinajstić information content (AvgIpc) is 3.01. The van der Waals surface area contributed by atoms with Gasteiger partial charge in [-0.25, -0.2) is 4.68 Å². The Morgan fingerprint density at radius 3 is 2.82 bits per heavy atom. The van der Waals surface area contributed by atoms with E-state index in [9.17, 15) is 9.59 Å². The van der Waals surface area contributed by atoms with Gasteiger partial charge in [-0.3, -0.25) is 14.9 Å². The first-order valence-electron chi connectivity index (χ1n) is 9.25. The number of carbonyl (C=O) groups excluding carboxylic acids is 2. The molecule has 0 spiro atoms. The molecule has 1 fully saturated rings. The SMILES string of the molecule is CCC1C(=O)NC(n2nc(C)cc2NC(=O)/C=C/c2ccccc2Cl)NC1C. The second kappa shape index (κ2) is 8.58. The third-order valence-electron chi connectivity index (χ3n) is 4.75. The summed E-state index contributed by atoms with van der Waals surface area (Å²) in [6, 6.07) is 9.02. The minimum Gasteiger partial charge on any atom is -0.322 e. The van der Waals surface area contributed by atoms with Crippen molar-refractivity contribution in [3.63, 3.8) is 0 Å². The van der Waals surface area contributed by atoms with Crippen molar-refractivity contribution in [1.82, 2.24) is 20.4 Å². The molecule has 8 heteroatoms. The van der Waals surface area contributed by atoms with Crippen LogP contribution in [0.1, 0.15) is 37.8 Å². The molecule has 0 bridgehead atoms. The van der Waals surface area contributed by atoms with E-state index < -0.39 is 6.29 Å². The zero-order chi connectivity index (χ0) is 20.3. The molecule has 7 nitrogen and oxygen atoms in total. The Kier molecular flexibility index (Phi) is 6.16. The number of rotatable bonds is 5.